The number of ether oxygens (including phenoxy) is 2. The number of carbonyl (C=O) groups excluding carboxylic acids is 3. The molecule has 58 heavy (non-hydrogen) atoms. The number of esters is 1. The van der Waals surface area contributed by atoms with Crippen molar-refractivity contribution < 1.29 is 37.0 Å². The number of nitrogens with zero attached hydrogens (tertiary/aromatic N) is 4. The number of benzene rings is 5. The third-order valence-electron chi connectivity index (χ3n) is 10.8. The molecule has 5 aromatic carbocycles. The molecule has 12 heteroatoms. The summed E-state index contributed by atoms with van der Waals surface area (Å²) in [5.41, 5.74) is 3.48. The Morgan fingerprint density at radius 1 is 0.879 bits per heavy atom. The number of fused-ring (bicyclic) bond motifs is 5. The molecule has 8 rings (SSSR count). The molecule has 0 N–H and O–H groups in total. The van der Waals surface area contributed by atoms with E-state index in [2.05, 4.69) is 28.2 Å². The maximum atomic E-state index is 14.9. The van der Waals surface area contributed by atoms with Crippen LogP contribution in [0.3, 0.4) is 0 Å². The minimum atomic E-state index is -4.59. The van der Waals surface area contributed by atoms with Crippen molar-refractivity contribution in [1.82, 2.24) is 14.9 Å². The summed E-state index contributed by atoms with van der Waals surface area (Å²) < 4.78 is 52.0. The monoisotopic (exact) mass is 784 g/mol. The lowest BCUT2D eigenvalue weighted by atomic mass is 9.63. The van der Waals surface area contributed by atoms with Crippen LogP contribution in [0.2, 0.25) is 0 Å². The molecule has 1 aliphatic carbocycles. The van der Waals surface area contributed by atoms with Crippen LogP contribution in [0.25, 0.3) is 21.5 Å². The first kappa shape index (κ1) is 39.8. The second-order valence-corrected chi connectivity index (χ2v) is 14.2. The first-order valence-corrected chi connectivity index (χ1v) is 18.9. The molecule has 294 valence electrons. The minimum absolute atomic E-state index is 0.110. The number of rotatable bonds is 6. The Hall–Kier alpha value is -6.45. The Kier molecular flexibility index (Phi) is 11.6. The fourth-order valence-corrected chi connectivity index (χ4v) is 8.10. The number of hydrogen-bond acceptors (Lipinski definition) is 8. The van der Waals surface area contributed by atoms with Crippen LogP contribution in [0.4, 0.5) is 13.2 Å². The van der Waals surface area contributed by atoms with Gasteiger partial charge in [-0.15, -0.1) is 0 Å². The molecule has 1 fully saturated rings. The van der Waals surface area contributed by atoms with E-state index in [-0.39, 0.29) is 29.6 Å². The van der Waals surface area contributed by atoms with Gasteiger partial charge < -0.3 is 14.4 Å². The molecule has 9 nitrogen and oxygen atoms in total. The standard InChI is InChI=1S/C39H31F3N2O3.C7H8N2O2/c1-23-19-32-30(29-8-3-2-7-28(23)29)13-14-31-36(26-5-4-6-27(20-26)39(40,41)42)38(46)33(21-34(45)44-15-17-47-18-16-44)35(37(31)32)25-11-9-24(22-43)10-12-25;1-2-11-7(10)6-3-8-5-9-4-6/h2-14,19-20,33,35-36H,15-18,21H2,1H3;3-5H,2H2,1H3. The lowest BCUT2D eigenvalue weighted by Crippen LogP contribution is -2.44. The molecular formula is C46H39F3N4O5. The maximum absolute atomic E-state index is 14.9. The van der Waals surface area contributed by atoms with Gasteiger partial charge in [-0.05, 0) is 81.4 Å². The summed E-state index contributed by atoms with van der Waals surface area (Å²) in [6, 6.07) is 28.1. The van der Waals surface area contributed by atoms with Gasteiger partial charge in [-0.3, -0.25) is 9.59 Å². The fourth-order valence-electron chi connectivity index (χ4n) is 8.10. The third kappa shape index (κ3) is 8.04. The molecule has 2 aliphatic rings. The number of hydrogen-bond donors (Lipinski definition) is 0. The van der Waals surface area contributed by atoms with Crippen LogP contribution in [0, 0.1) is 24.2 Å². The van der Waals surface area contributed by atoms with E-state index in [4.69, 9.17) is 9.47 Å². The molecule has 1 aromatic heterocycles. The molecule has 0 bridgehead atoms. The van der Waals surface area contributed by atoms with E-state index in [1.54, 1.807) is 30.0 Å². The number of aromatic nitrogens is 2. The number of morpholine rings is 1. The number of nitriles is 1. The number of aryl methyl sites for hydroxylation is 1. The van der Waals surface area contributed by atoms with E-state index in [0.29, 0.717) is 49.6 Å². The van der Waals surface area contributed by atoms with E-state index < -0.39 is 29.5 Å². The zero-order valence-electron chi connectivity index (χ0n) is 31.8. The number of Topliss-reactive ketones (excluding diaryl/α,β-unsaturated/α-hetero) is 1. The zero-order valence-corrected chi connectivity index (χ0v) is 31.8. The van der Waals surface area contributed by atoms with Gasteiger partial charge in [-0.25, -0.2) is 14.8 Å². The second kappa shape index (κ2) is 17.0. The first-order valence-electron chi connectivity index (χ1n) is 18.9. The highest BCUT2D eigenvalue weighted by atomic mass is 19.4. The quantitative estimate of drug-likeness (QED) is 0.122. The summed E-state index contributed by atoms with van der Waals surface area (Å²) in [4.78, 5) is 48.7. The van der Waals surface area contributed by atoms with Gasteiger partial charge in [-0.1, -0.05) is 72.8 Å². The van der Waals surface area contributed by atoms with E-state index in [1.165, 1.54) is 24.8 Å². The highest BCUT2D eigenvalue weighted by molar-refractivity contribution is 6.12. The van der Waals surface area contributed by atoms with Crippen molar-refractivity contribution in [3.8, 4) is 6.07 Å². The lowest BCUT2D eigenvalue weighted by Gasteiger charge is -2.39. The van der Waals surface area contributed by atoms with Gasteiger partial charge in [0.25, 0.3) is 0 Å². The van der Waals surface area contributed by atoms with Gasteiger partial charge in [0.1, 0.15) is 12.1 Å². The van der Waals surface area contributed by atoms with Gasteiger partial charge >= 0.3 is 12.1 Å². The average Bonchev–Trinajstić information content (AvgIpc) is 3.25. The van der Waals surface area contributed by atoms with E-state index in [9.17, 15) is 32.8 Å². The third-order valence-corrected chi connectivity index (χ3v) is 10.8. The summed E-state index contributed by atoms with van der Waals surface area (Å²) in [7, 11) is 0. The van der Waals surface area contributed by atoms with Crippen LogP contribution in [-0.4, -0.2) is 65.4 Å². The number of carbonyl (C=O) groups is 3. The van der Waals surface area contributed by atoms with Crippen molar-refractivity contribution in [2.45, 2.75) is 38.3 Å². The zero-order chi connectivity index (χ0) is 41.0. The van der Waals surface area contributed by atoms with Crippen molar-refractivity contribution in [3.63, 3.8) is 0 Å². The molecule has 1 amide bonds. The first-order chi connectivity index (χ1) is 28.0. The molecule has 3 atom stereocenters. The Morgan fingerprint density at radius 3 is 2.24 bits per heavy atom. The highest BCUT2D eigenvalue weighted by Crippen LogP contribution is 2.51. The van der Waals surface area contributed by atoms with Crippen LogP contribution in [0.5, 0.6) is 0 Å². The molecule has 0 radical (unpaired) electrons. The van der Waals surface area contributed by atoms with Crippen molar-refractivity contribution in [2.24, 2.45) is 5.92 Å². The SMILES string of the molecule is CCOC(=O)c1cncnc1.Cc1cc2c3c(ccc2c2ccccc12)C(c1cccc(C(F)(F)F)c1)C(=O)C(CC(=O)N1CCOCC1)C3c1ccc(C#N)cc1. The average molecular weight is 785 g/mol. The second-order valence-electron chi connectivity index (χ2n) is 14.2. The lowest BCUT2D eigenvalue weighted by molar-refractivity contribution is -0.139. The molecular weight excluding hydrogens is 746 g/mol. The number of halogens is 3. The van der Waals surface area contributed by atoms with Gasteiger partial charge in [0.15, 0.2) is 0 Å². The Bertz CT molecular complexity index is 2530. The molecule has 0 saturated carbocycles. The van der Waals surface area contributed by atoms with Gasteiger partial charge in [0, 0.05) is 43.7 Å². The van der Waals surface area contributed by atoms with Crippen molar-refractivity contribution in [1.29, 1.82) is 5.26 Å². The largest absolute Gasteiger partial charge is 0.462 e. The number of alkyl halides is 3. The Labute approximate surface area is 333 Å². The summed E-state index contributed by atoms with van der Waals surface area (Å²) in [5.74, 6) is -3.35. The van der Waals surface area contributed by atoms with Crippen LogP contribution in [-0.2, 0) is 25.2 Å². The predicted octanol–water partition coefficient (Wildman–Crippen LogP) is 8.56. The highest BCUT2D eigenvalue weighted by Gasteiger charge is 2.46. The Morgan fingerprint density at radius 2 is 1.57 bits per heavy atom. The topological polar surface area (TPSA) is 122 Å². The van der Waals surface area contributed by atoms with Gasteiger partial charge in [0.2, 0.25) is 5.91 Å². The summed E-state index contributed by atoms with van der Waals surface area (Å²) in [5, 5.41) is 13.5. The van der Waals surface area contributed by atoms with Crippen molar-refractivity contribution >= 4 is 39.2 Å². The van der Waals surface area contributed by atoms with Crippen molar-refractivity contribution in [2.75, 3.05) is 32.9 Å². The number of ketones is 1. The predicted molar refractivity (Wildman–Crippen MR) is 211 cm³/mol. The molecule has 1 aliphatic heterocycles. The molecule has 2 heterocycles. The Balaban J connectivity index is 0.000000404. The summed E-state index contributed by atoms with van der Waals surface area (Å²) in [6.07, 6.45) is -0.493. The van der Waals surface area contributed by atoms with Crippen LogP contribution in [0.15, 0.2) is 110 Å². The fraction of sp³-hybridized carbons (Fsp3) is 0.261. The van der Waals surface area contributed by atoms with E-state index in [0.717, 1.165) is 50.4 Å². The molecule has 1 saturated heterocycles. The van der Waals surface area contributed by atoms with Gasteiger partial charge in [0.05, 0.1) is 48.5 Å². The van der Waals surface area contributed by atoms with E-state index >= 15 is 0 Å². The van der Waals surface area contributed by atoms with Crippen LogP contribution >= 0.6 is 0 Å². The smallest absolute Gasteiger partial charge is 0.416 e. The normalized spacial score (nSPS) is 17.8. The number of amides is 1. The van der Waals surface area contributed by atoms with Crippen LogP contribution in [0.1, 0.15) is 74.5 Å². The van der Waals surface area contributed by atoms with E-state index in [1.807, 2.05) is 49.4 Å². The summed E-state index contributed by atoms with van der Waals surface area (Å²) in [6.45, 7) is 5.75. The maximum Gasteiger partial charge on any atom is 0.416 e. The minimum Gasteiger partial charge on any atom is -0.462 e. The molecule has 0 spiro atoms. The van der Waals surface area contributed by atoms with Crippen LogP contribution < -0.4 is 0 Å². The summed E-state index contributed by atoms with van der Waals surface area (Å²) >= 11 is 0. The molecule has 6 aromatic rings. The van der Waals surface area contributed by atoms with Crippen molar-refractivity contribution in [3.05, 3.63) is 154 Å². The molecule has 3 unspecified atom stereocenters. The van der Waals surface area contributed by atoms with Gasteiger partial charge in [-0.2, -0.15) is 18.4 Å².